The van der Waals surface area contributed by atoms with E-state index in [1.54, 1.807) is 0 Å². The van der Waals surface area contributed by atoms with Gasteiger partial charge in [-0.2, -0.15) is 0 Å². The van der Waals surface area contributed by atoms with Crippen LogP contribution in [0.2, 0.25) is 0 Å². The summed E-state index contributed by atoms with van der Waals surface area (Å²) in [5.41, 5.74) is 0. The Morgan fingerprint density at radius 2 is 1.28 bits per heavy atom. The van der Waals surface area contributed by atoms with E-state index in [0.29, 0.717) is 12.1 Å². The molecule has 0 spiro atoms. The van der Waals surface area contributed by atoms with E-state index in [1.807, 2.05) is 0 Å². The summed E-state index contributed by atoms with van der Waals surface area (Å²) in [4.78, 5) is 0. The first-order valence-corrected chi connectivity index (χ1v) is 8.53. The van der Waals surface area contributed by atoms with Crippen LogP contribution in [0, 0.1) is 34.9 Å². The van der Waals surface area contributed by atoms with Gasteiger partial charge >= 0.3 is 3.18 Å². The maximum atomic E-state index is 12.6. The van der Waals surface area contributed by atoms with Crippen molar-refractivity contribution in [2.45, 2.75) is 0 Å². The lowest BCUT2D eigenvalue weighted by molar-refractivity contribution is 0.391. The molecule has 2 aromatic carbocycles. The number of methoxy groups -OCH3 is 1. The molecule has 0 heterocycles. The van der Waals surface area contributed by atoms with E-state index in [0.717, 1.165) is 7.11 Å². The summed E-state index contributed by atoms with van der Waals surface area (Å²) >= 11 is 9.31. The van der Waals surface area contributed by atoms with Crippen LogP contribution in [0.5, 0.6) is 11.5 Å². The predicted octanol–water partition coefficient (Wildman–Crippen LogP) is 6.08. The molecule has 2 nitrogen and oxygen atoms in total. The highest BCUT2D eigenvalue weighted by molar-refractivity contribution is 9.69. The summed E-state index contributed by atoms with van der Waals surface area (Å²) in [5, 5.41) is 8.57. The number of hydrogen-bond donors (Lipinski definition) is 1. The van der Waals surface area contributed by atoms with Gasteiger partial charge in [0.25, 0.3) is 0 Å². The van der Waals surface area contributed by atoms with Crippen molar-refractivity contribution in [3.63, 3.8) is 0 Å². The third kappa shape index (κ3) is 9.41. The lowest BCUT2D eigenvalue weighted by Gasteiger charge is -2.00. The van der Waals surface area contributed by atoms with Gasteiger partial charge in [-0.05, 0) is 0 Å². The van der Waals surface area contributed by atoms with Crippen molar-refractivity contribution < 1.29 is 38.9 Å². The lowest BCUT2D eigenvalue weighted by atomic mass is 10.3. The van der Waals surface area contributed by atoms with Gasteiger partial charge in [0.2, 0.25) is 0 Å². The van der Waals surface area contributed by atoms with Crippen molar-refractivity contribution in [1.82, 2.24) is 0 Å². The van der Waals surface area contributed by atoms with Crippen molar-refractivity contribution >= 4 is 50.5 Å². The van der Waals surface area contributed by atoms with Crippen LogP contribution in [0.1, 0.15) is 2.74 Å². The molecule has 0 unspecified atom stereocenters. The highest BCUT2D eigenvalue weighted by Gasteiger charge is 2.10. The minimum absolute atomic E-state index is 0.271. The molecule has 0 aliphatic rings. The number of hydrogen-bond acceptors (Lipinski definition) is 2. The smallest absolute Gasteiger partial charge is 0.369 e. The summed E-state index contributed by atoms with van der Waals surface area (Å²) in [6.07, 6.45) is 0. The van der Waals surface area contributed by atoms with Crippen LogP contribution in [0.4, 0.5) is 26.3 Å². The Labute approximate surface area is 167 Å². The van der Waals surface area contributed by atoms with Gasteiger partial charge in [0.1, 0.15) is 11.5 Å². The Kier molecular flexibility index (Phi) is 9.55. The van der Waals surface area contributed by atoms with E-state index in [4.69, 9.17) is 7.85 Å². The average molecular weight is 563 g/mol. The summed E-state index contributed by atoms with van der Waals surface area (Å²) in [6, 6.07) is -0.845. The van der Waals surface area contributed by atoms with E-state index >= 15 is 0 Å². The number of rotatable bonds is 1. The third-order valence-corrected chi connectivity index (χ3v) is 2.02. The first-order valence-electron chi connectivity index (χ1n) is 6.78. The van der Waals surface area contributed by atoms with Gasteiger partial charge in [0.15, 0.2) is 34.9 Å². The second-order valence-corrected chi connectivity index (χ2v) is 10.1. The molecule has 0 fully saturated rings. The summed E-state index contributed by atoms with van der Waals surface area (Å²) in [6.45, 7) is 0. The van der Waals surface area contributed by atoms with E-state index in [1.165, 1.54) is 0 Å². The molecule has 0 aliphatic carbocycles. The number of aromatic hydroxyl groups is 1. The molecule has 0 bridgehead atoms. The highest BCUT2D eigenvalue weighted by Crippen LogP contribution is 2.18. The van der Waals surface area contributed by atoms with Crippen LogP contribution in [0.15, 0.2) is 24.2 Å². The van der Waals surface area contributed by atoms with Crippen molar-refractivity contribution in [3.05, 3.63) is 59.1 Å². The predicted molar refractivity (Wildman–Crippen MR) is 93.4 cm³/mol. The molecule has 0 radical (unpaired) electrons. The number of halogens is 9. The molecule has 12 heteroatoms. The molecule has 2 rings (SSSR count). The molecule has 1 N–H and O–H groups in total. The maximum absolute atomic E-state index is 12.6. The summed E-state index contributed by atoms with van der Waals surface area (Å²) < 4.78 is 92.3. The molecule has 0 saturated heterocycles. The Bertz CT molecular complexity index is 773. The van der Waals surface area contributed by atoms with Crippen LogP contribution in [0.3, 0.4) is 0 Å². The maximum Gasteiger partial charge on any atom is 0.369 e. The average Bonchev–Trinajstić information content (AvgIpc) is 2.59. The molecule has 138 valence electrons. The first-order chi connectivity index (χ1) is 12.3. The van der Waals surface area contributed by atoms with Gasteiger partial charge < -0.3 is 9.84 Å². The minimum atomic E-state index is -1.74. The van der Waals surface area contributed by atoms with Gasteiger partial charge in [0.05, 0.1) is 9.85 Å². The molecule has 0 amide bonds. The zero-order chi connectivity index (χ0) is 21.5. The Balaban J connectivity index is 0.000000421. The SMILES string of the molecule is BrB(Br)Br.[2H]c1c(O)cc(F)c(F)c1F.[2H]c1c(OC)cc(F)c(F)c1F. The third-order valence-electron chi connectivity index (χ3n) is 2.02. The second kappa shape index (κ2) is 11.7. The molecule has 0 aliphatic heterocycles. The monoisotopic (exact) mass is 560 g/mol. The Morgan fingerprint density at radius 1 is 0.880 bits per heavy atom. The number of benzene rings is 2. The molecule has 0 aromatic heterocycles. The summed E-state index contributed by atoms with van der Waals surface area (Å²) in [7, 11) is 1.14. The topological polar surface area (TPSA) is 29.5 Å². The van der Waals surface area contributed by atoms with E-state index in [-0.39, 0.29) is 8.93 Å². The van der Waals surface area contributed by atoms with E-state index in [2.05, 4.69) is 52.0 Å². The van der Waals surface area contributed by atoms with Crippen LogP contribution in [0.25, 0.3) is 0 Å². The summed E-state index contributed by atoms with van der Waals surface area (Å²) in [5.74, 6) is -10.7. The fourth-order valence-corrected chi connectivity index (χ4v) is 1.08. The number of ether oxygens (including phenoxy) is 1. The Hall–Kier alpha value is -0.875. The van der Waals surface area contributed by atoms with E-state index in [9.17, 15) is 26.3 Å². The zero-order valence-electron chi connectivity index (χ0n) is 14.0. The van der Waals surface area contributed by atoms with Gasteiger partial charge in [-0.1, -0.05) is 0 Å². The van der Waals surface area contributed by atoms with Crippen molar-refractivity contribution in [2.75, 3.05) is 7.11 Å². The zero-order valence-corrected chi connectivity index (χ0v) is 16.7. The first kappa shape index (κ1) is 20.4. The fourth-order valence-electron chi connectivity index (χ4n) is 1.08. The highest BCUT2D eigenvalue weighted by atomic mass is 79.9. The van der Waals surface area contributed by atoms with Crippen LogP contribution < -0.4 is 4.74 Å². The quantitative estimate of drug-likeness (QED) is 0.260. The van der Waals surface area contributed by atoms with E-state index < -0.39 is 52.7 Å². The van der Waals surface area contributed by atoms with Gasteiger partial charge in [-0.15, -0.1) is 47.3 Å². The number of phenols is 1. The molecule has 25 heavy (non-hydrogen) atoms. The standard InChI is InChI=1S/C7H5F3O.C6H3F3O.BBr3/c1-11-4-2-5(8)7(10)6(9)3-4;7-4-1-3(10)2-5(8)6(4)9;2-1(3)4/h2-3H,1H3;1-2,10H;/i2D;1D;. The largest absolute Gasteiger partial charge is 0.508 e. The molecule has 0 atom stereocenters. The lowest BCUT2D eigenvalue weighted by Crippen LogP contribution is -1.92. The second-order valence-electron chi connectivity index (χ2n) is 3.69. The van der Waals surface area contributed by atoms with Gasteiger partial charge in [0, 0.05) is 24.2 Å². The molecular weight excluding hydrogens is 553 g/mol. The van der Waals surface area contributed by atoms with Crippen LogP contribution >= 0.6 is 47.3 Å². The van der Waals surface area contributed by atoms with Crippen LogP contribution in [-0.2, 0) is 0 Å². The van der Waals surface area contributed by atoms with Crippen LogP contribution in [-0.4, -0.2) is 15.4 Å². The minimum Gasteiger partial charge on any atom is -0.508 e. The molecule has 0 saturated carbocycles. The van der Waals surface area contributed by atoms with Gasteiger partial charge in [-0.25, -0.2) is 26.3 Å². The molecular formula is C13H8BBr3F6O2. The normalized spacial score (nSPS) is 10.5. The van der Waals surface area contributed by atoms with Gasteiger partial charge in [-0.3, -0.25) is 0 Å². The van der Waals surface area contributed by atoms with Crippen molar-refractivity contribution in [2.24, 2.45) is 0 Å². The Morgan fingerprint density at radius 3 is 1.72 bits per heavy atom. The van der Waals surface area contributed by atoms with Crippen molar-refractivity contribution in [3.8, 4) is 11.5 Å². The number of phenolic OH excluding ortho intramolecular Hbond substituents is 1. The fraction of sp³-hybridized carbons (Fsp3) is 0.0769. The molecule has 2 aromatic rings. The van der Waals surface area contributed by atoms with Crippen molar-refractivity contribution in [1.29, 1.82) is 0 Å².